The molecular weight excluding hydrogens is 416 g/mol. The second-order valence-electron chi connectivity index (χ2n) is 6.12. The Morgan fingerprint density at radius 1 is 1.41 bits per heavy atom. The van der Waals surface area contributed by atoms with E-state index in [9.17, 15) is 26.4 Å². The third-order valence-corrected chi connectivity index (χ3v) is 9.66. The molecule has 0 fully saturated rings. The first-order valence-electron chi connectivity index (χ1n) is 8.10. The van der Waals surface area contributed by atoms with Gasteiger partial charge in [0.25, 0.3) is 0 Å². The van der Waals surface area contributed by atoms with Crippen LogP contribution in [0.15, 0.2) is 14.5 Å². The molecule has 0 bridgehead atoms. The summed E-state index contributed by atoms with van der Waals surface area (Å²) in [6, 6.07) is 0.579. The van der Waals surface area contributed by atoms with Gasteiger partial charge in [0.1, 0.15) is 8.42 Å². The third-order valence-electron chi connectivity index (χ3n) is 4.34. The van der Waals surface area contributed by atoms with E-state index in [1.807, 2.05) is 0 Å². The lowest BCUT2D eigenvalue weighted by Gasteiger charge is -2.36. The number of carbonyl (C=O) groups excluding carboxylic acids is 2. The number of amides is 2. The highest BCUT2D eigenvalue weighted by Gasteiger charge is 2.42. The van der Waals surface area contributed by atoms with E-state index < -0.39 is 43.0 Å². The van der Waals surface area contributed by atoms with Crippen LogP contribution < -0.4 is 16.2 Å². The zero-order valence-corrected chi connectivity index (χ0v) is 17.3. The summed E-state index contributed by atoms with van der Waals surface area (Å²) in [7, 11) is -7.80. The van der Waals surface area contributed by atoms with Crippen molar-refractivity contribution in [1.82, 2.24) is 10.2 Å². The van der Waals surface area contributed by atoms with Gasteiger partial charge in [0.15, 0.2) is 9.84 Å². The van der Waals surface area contributed by atoms with Gasteiger partial charge in [-0.25, -0.2) is 22.0 Å². The molecule has 0 saturated carbocycles. The summed E-state index contributed by atoms with van der Waals surface area (Å²) >= 11 is 0.593. The number of primary sulfonamides is 1. The van der Waals surface area contributed by atoms with Crippen LogP contribution in [-0.4, -0.2) is 58.4 Å². The number of nitrogens with zero attached hydrogens (tertiary/aromatic N) is 1. The number of nitrogens with two attached hydrogens (primary N) is 2. The summed E-state index contributed by atoms with van der Waals surface area (Å²) in [6.07, 6.45) is 0.112. The van der Waals surface area contributed by atoms with E-state index in [1.54, 1.807) is 6.92 Å². The number of fused-ring (bicyclic) bond motifs is 1. The van der Waals surface area contributed by atoms with Crippen LogP contribution in [0.1, 0.15) is 31.9 Å². The molecule has 5 N–H and O–H groups in total. The molecule has 0 spiro atoms. The molecule has 2 atom stereocenters. The molecule has 2 amide bonds. The van der Waals surface area contributed by atoms with Crippen LogP contribution in [0, 0.1) is 0 Å². The van der Waals surface area contributed by atoms with Gasteiger partial charge in [-0.1, -0.05) is 0 Å². The molecule has 0 radical (unpaired) electrons. The molecule has 1 aliphatic rings. The van der Waals surface area contributed by atoms with Gasteiger partial charge in [-0.05, 0) is 26.3 Å². The van der Waals surface area contributed by atoms with Crippen molar-refractivity contribution in [3.05, 3.63) is 11.6 Å². The SMILES string of the molecule is CCN(C(=O)CNC(=O)CN)C1CC(C)S(=O)(=O)c2sc(S(N)(=O)=O)cc21. The van der Waals surface area contributed by atoms with Crippen molar-refractivity contribution < 1.29 is 26.4 Å². The smallest absolute Gasteiger partial charge is 0.247 e. The standard InChI is InChI=1S/C14H22N4O6S3/c1-3-18(12(20)7-17-11(19)6-15)10-4-8(2)26(21,22)14-9(10)5-13(25-14)27(16,23)24/h5,8,10H,3-4,6-7,15H2,1-2H3,(H,17,19)(H2,16,23,24). The van der Waals surface area contributed by atoms with Crippen LogP contribution in [0.5, 0.6) is 0 Å². The predicted octanol–water partition coefficient (Wildman–Crippen LogP) is -1.07. The third kappa shape index (κ3) is 4.32. The number of likely N-dealkylation sites (N-methyl/N-ethyl adjacent to an activating group) is 1. The Morgan fingerprint density at radius 3 is 2.56 bits per heavy atom. The lowest BCUT2D eigenvalue weighted by atomic mass is 10.0. The first-order valence-corrected chi connectivity index (χ1v) is 12.0. The molecule has 2 rings (SSSR count). The Hall–Kier alpha value is -1.54. The van der Waals surface area contributed by atoms with E-state index >= 15 is 0 Å². The van der Waals surface area contributed by atoms with Crippen LogP contribution in [0.3, 0.4) is 0 Å². The maximum Gasteiger partial charge on any atom is 0.247 e. The molecule has 0 aromatic carbocycles. The molecule has 13 heteroatoms. The normalized spacial score (nSPS) is 21.3. The van der Waals surface area contributed by atoms with E-state index in [0.717, 1.165) is 0 Å². The van der Waals surface area contributed by atoms with Crippen molar-refractivity contribution in [3.8, 4) is 0 Å². The molecule has 1 aromatic rings. The molecule has 1 aromatic heterocycles. The van der Waals surface area contributed by atoms with E-state index in [4.69, 9.17) is 10.9 Å². The van der Waals surface area contributed by atoms with E-state index in [2.05, 4.69) is 5.32 Å². The highest BCUT2D eigenvalue weighted by Crippen LogP contribution is 2.44. The molecule has 27 heavy (non-hydrogen) atoms. The summed E-state index contributed by atoms with van der Waals surface area (Å²) < 4.78 is 48.3. The van der Waals surface area contributed by atoms with Gasteiger partial charge < -0.3 is 16.0 Å². The Balaban J connectivity index is 2.46. The summed E-state index contributed by atoms with van der Waals surface area (Å²) in [4.78, 5) is 25.3. The fourth-order valence-electron chi connectivity index (χ4n) is 2.92. The second kappa shape index (κ2) is 7.83. The number of nitrogens with one attached hydrogen (secondary N) is 1. The van der Waals surface area contributed by atoms with Crippen molar-refractivity contribution >= 4 is 43.0 Å². The Kier molecular flexibility index (Phi) is 6.31. The lowest BCUT2D eigenvalue weighted by Crippen LogP contribution is -2.45. The molecular formula is C14H22N4O6S3. The maximum atomic E-state index is 12.6. The van der Waals surface area contributed by atoms with Crippen molar-refractivity contribution in [2.24, 2.45) is 10.9 Å². The molecule has 1 aliphatic heterocycles. The van der Waals surface area contributed by atoms with Crippen LogP contribution in [-0.2, 0) is 29.4 Å². The summed E-state index contributed by atoms with van der Waals surface area (Å²) in [5.74, 6) is -0.920. The number of hydrogen-bond donors (Lipinski definition) is 3. The van der Waals surface area contributed by atoms with Gasteiger partial charge in [-0.15, -0.1) is 11.3 Å². The van der Waals surface area contributed by atoms with Gasteiger partial charge >= 0.3 is 0 Å². The molecule has 152 valence electrons. The highest BCUT2D eigenvalue weighted by molar-refractivity contribution is 7.95. The number of rotatable bonds is 6. The first kappa shape index (κ1) is 21.8. The van der Waals surface area contributed by atoms with Gasteiger partial charge in [0.2, 0.25) is 21.8 Å². The zero-order chi connectivity index (χ0) is 20.6. The fraction of sp³-hybridized carbons (Fsp3) is 0.571. The van der Waals surface area contributed by atoms with Crippen molar-refractivity contribution in [2.75, 3.05) is 19.6 Å². The first-order chi connectivity index (χ1) is 12.4. The van der Waals surface area contributed by atoms with Crippen molar-refractivity contribution in [2.45, 2.75) is 40.0 Å². The average molecular weight is 439 g/mol. The van der Waals surface area contributed by atoms with Crippen LogP contribution >= 0.6 is 11.3 Å². The highest BCUT2D eigenvalue weighted by atomic mass is 32.3. The Bertz CT molecular complexity index is 953. The van der Waals surface area contributed by atoms with Crippen LogP contribution in [0.2, 0.25) is 0 Å². The maximum absolute atomic E-state index is 12.6. The topological polar surface area (TPSA) is 170 Å². The number of thiophene rings is 1. The molecule has 10 nitrogen and oxygen atoms in total. The monoisotopic (exact) mass is 438 g/mol. The van der Waals surface area contributed by atoms with E-state index in [1.165, 1.54) is 17.9 Å². The van der Waals surface area contributed by atoms with Crippen molar-refractivity contribution in [3.63, 3.8) is 0 Å². The lowest BCUT2D eigenvalue weighted by molar-refractivity contribution is -0.134. The fourth-order valence-corrected chi connectivity index (χ4v) is 7.32. The Morgan fingerprint density at radius 2 is 2.04 bits per heavy atom. The average Bonchev–Trinajstić information content (AvgIpc) is 3.04. The van der Waals surface area contributed by atoms with Gasteiger partial charge in [-0.3, -0.25) is 9.59 Å². The summed E-state index contributed by atoms with van der Waals surface area (Å²) in [6.45, 7) is 2.92. The molecule has 2 unspecified atom stereocenters. The molecule has 0 saturated heterocycles. The number of hydrogen-bond acceptors (Lipinski definition) is 8. The summed E-state index contributed by atoms with van der Waals surface area (Å²) in [5.41, 5.74) is 5.43. The zero-order valence-electron chi connectivity index (χ0n) is 14.8. The largest absolute Gasteiger partial charge is 0.346 e. The Labute approximate surface area is 161 Å². The number of carbonyl (C=O) groups is 2. The number of sulfone groups is 1. The minimum absolute atomic E-state index is 0.0903. The van der Waals surface area contributed by atoms with Crippen molar-refractivity contribution in [1.29, 1.82) is 0 Å². The minimum atomic E-state index is -4.09. The van der Waals surface area contributed by atoms with E-state index in [-0.39, 0.29) is 40.0 Å². The van der Waals surface area contributed by atoms with E-state index in [0.29, 0.717) is 11.3 Å². The second-order valence-corrected chi connectivity index (χ2v) is 11.5. The molecule has 2 heterocycles. The predicted molar refractivity (Wildman–Crippen MR) is 99.1 cm³/mol. The van der Waals surface area contributed by atoms with Gasteiger partial charge in [-0.2, -0.15) is 0 Å². The number of sulfonamides is 1. The summed E-state index contributed by atoms with van der Waals surface area (Å²) in [5, 5.41) is 6.73. The molecule has 0 aliphatic carbocycles. The quantitative estimate of drug-likeness (QED) is 0.507. The van der Waals surface area contributed by atoms with Gasteiger partial charge in [0.05, 0.1) is 24.4 Å². The minimum Gasteiger partial charge on any atom is -0.346 e. The van der Waals surface area contributed by atoms with Crippen LogP contribution in [0.4, 0.5) is 0 Å². The van der Waals surface area contributed by atoms with Crippen LogP contribution in [0.25, 0.3) is 0 Å². The van der Waals surface area contributed by atoms with Gasteiger partial charge in [0, 0.05) is 12.1 Å².